The molecule has 2 fully saturated rings. The maximum absolute atomic E-state index is 12.9. The molecule has 2 amide bonds. The molecule has 2 aliphatic heterocycles. The van der Waals surface area contributed by atoms with Gasteiger partial charge in [-0.15, -0.1) is 0 Å². The summed E-state index contributed by atoms with van der Waals surface area (Å²) in [4.78, 5) is 28.9. The van der Waals surface area contributed by atoms with Crippen LogP contribution in [0.5, 0.6) is 0 Å². The number of benzene rings is 2. The van der Waals surface area contributed by atoms with Crippen molar-refractivity contribution in [2.24, 2.45) is 11.8 Å². The zero-order chi connectivity index (χ0) is 19.0. The van der Waals surface area contributed by atoms with E-state index in [2.05, 4.69) is 18.2 Å². The highest BCUT2D eigenvalue weighted by Crippen LogP contribution is 2.45. The van der Waals surface area contributed by atoms with Crippen LogP contribution in [-0.4, -0.2) is 41.2 Å². The second-order valence-corrected chi connectivity index (χ2v) is 7.35. The summed E-state index contributed by atoms with van der Waals surface area (Å²) in [5, 5.41) is 8.92. The molecule has 5 nitrogen and oxygen atoms in total. The molecule has 0 aliphatic carbocycles. The van der Waals surface area contributed by atoms with Gasteiger partial charge in [-0.05, 0) is 29.8 Å². The molecule has 2 aromatic rings. The summed E-state index contributed by atoms with van der Waals surface area (Å²) < 4.78 is 0. The molecule has 0 bridgehead atoms. The van der Waals surface area contributed by atoms with Gasteiger partial charge in [0.05, 0.1) is 17.7 Å². The van der Waals surface area contributed by atoms with Crippen LogP contribution >= 0.6 is 0 Å². The first kappa shape index (κ1) is 17.3. The molecule has 2 aromatic carbocycles. The standard InChI is InChI=1S/C22H21N3O2/c1-15(26)25-13-19-12-24(22(27)18-9-7-16(11-23)8-10-18)14-20(19)21(25)17-5-3-2-4-6-17/h2-10,19-21H,12-14H2,1H3/t19-,20-,21+/m1/s1. The fraction of sp³-hybridized carbons (Fsp3) is 0.318. The molecule has 2 heterocycles. The average Bonchev–Trinajstić information content (AvgIpc) is 3.26. The lowest BCUT2D eigenvalue weighted by atomic mass is 9.89. The van der Waals surface area contributed by atoms with Crippen molar-refractivity contribution in [2.45, 2.75) is 13.0 Å². The molecule has 0 aromatic heterocycles. The fourth-order valence-corrected chi connectivity index (χ4v) is 4.48. The first-order chi connectivity index (χ1) is 13.1. The number of carbonyl (C=O) groups excluding carboxylic acids is 2. The summed E-state index contributed by atoms with van der Waals surface area (Å²) in [6.07, 6.45) is 0. The highest BCUT2D eigenvalue weighted by molar-refractivity contribution is 5.94. The molecular weight excluding hydrogens is 338 g/mol. The maximum Gasteiger partial charge on any atom is 0.253 e. The van der Waals surface area contributed by atoms with Crippen LogP contribution in [0.4, 0.5) is 0 Å². The van der Waals surface area contributed by atoms with Crippen LogP contribution < -0.4 is 0 Å². The van der Waals surface area contributed by atoms with E-state index in [0.29, 0.717) is 36.7 Å². The topological polar surface area (TPSA) is 64.4 Å². The Labute approximate surface area is 158 Å². The van der Waals surface area contributed by atoms with Crippen LogP contribution in [0.3, 0.4) is 0 Å². The lowest BCUT2D eigenvalue weighted by molar-refractivity contribution is -0.130. The van der Waals surface area contributed by atoms with E-state index < -0.39 is 0 Å². The predicted molar refractivity (Wildman–Crippen MR) is 101 cm³/mol. The van der Waals surface area contributed by atoms with Gasteiger partial charge < -0.3 is 9.80 Å². The molecule has 27 heavy (non-hydrogen) atoms. The molecule has 3 atom stereocenters. The number of rotatable bonds is 2. The molecule has 5 heteroatoms. The Morgan fingerprint density at radius 1 is 1.00 bits per heavy atom. The van der Waals surface area contributed by atoms with Crippen molar-refractivity contribution < 1.29 is 9.59 Å². The van der Waals surface area contributed by atoms with Gasteiger partial charge in [0, 0.05) is 44.0 Å². The predicted octanol–water partition coefficient (Wildman–Crippen LogP) is 2.85. The molecule has 0 unspecified atom stereocenters. The molecule has 2 saturated heterocycles. The summed E-state index contributed by atoms with van der Waals surface area (Å²) in [7, 11) is 0. The Morgan fingerprint density at radius 3 is 2.33 bits per heavy atom. The third-order valence-electron chi connectivity index (χ3n) is 5.76. The Balaban J connectivity index is 1.56. The number of likely N-dealkylation sites (tertiary alicyclic amines) is 2. The Kier molecular flexibility index (Phi) is 4.41. The number of hydrogen-bond donors (Lipinski definition) is 0. The van der Waals surface area contributed by atoms with E-state index in [4.69, 9.17) is 5.26 Å². The van der Waals surface area contributed by atoms with Crippen LogP contribution in [0, 0.1) is 23.2 Å². The second kappa shape index (κ2) is 6.88. The SMILES string of the molecule is CC(=O)N1C[C@H]2CN(C(=O)c3ccc(C#N)cc3)C[C@H]2[C@@H]1c1ccccc1. The molecule has 4 rings (SSSR count). The van der Waals surface area contributed by atoms with Crippen molar-refractivity contribution in [3.63, 3.8) is 0 Å². The zero-order valence-corrected chi connectivity index (χ0v) is 15.2. The highest BCUT2D eigenvalue weighted by Gasteiger charge is 2.49. The minimum atomic E-state index is -0.00456. The third-order valence-corrected chi connectivity index (χ3v) is 5.76. The van der Waals surface area contributed by atoms with Gasteiger partial charge in [-0.25, -0.2) is 0 Å². The first-order valence-electron chi connectivity index (χ1n) is 9.20. The van der Waals surface area contributed by atoms with Gasteiger partial charge in [0.25, 0.3) is 5.91 Å². The van der Waals surface area contributed by atoms with Gasteiger partial charge in [-0.1, -0.05) is 30.3 Å². The maximum atomic E-state index is 12.9. The molecule has 2 aliphatic rings. The first-order valence-corrected chi connectivity index (χ1v) is 9.20. The zero-order valence-electron chi connectivity index (χ0n) is 15.2. The summed E-state index contributed by atoms with van der Waals surface area (Å²) in [5.74, 6) is 0.623. The monoisotopic (exact) mass is 359 g/mol. The molecule has 0 radical (unpaired) electrons. The Morgan fingerprint density at radius 2 is 1.70 bits per heavy atom. The van der Waals surface area contributed by atoms with Crippen LogP contribution in [0.25, 0.3) is 0 Å². The van der Waals surface area contributed by atoms with Gasteiger partial charge in [0.2, 0.25) is 5.91 Å². The van der Waals surface area contributed by atoms with Gasteiger partial charge in [-0.3, -0.25) is 9.59 Å². The van der Waals surface area contributed by atoms with Crippen LogP contribution in [0.2, 0.25) is 0 Å². The van der Waals surface area contributed by atoms with E-state index in [1.54, 1.807) is 31.2 Å². The minimum absolute atomic E-state index is 0.00456. The second-order valence-electron chi connectivity index (χ2n) is 7.35. The Bertz CT molecular complexity index is 901. The molecular formula is C22H21N3O2. The minimum Gasteiger partial charge on any atom is -0.338 e. The number of nitrogens with zero attached hydrogens (tertiary/aromatic N) is 3. The molecule has 0 N–H and O–H groups in total. The molecule has 136 valence electrons. The summed E-state index contributed by atoms with van der Waals surface area (Å²) in [5.41, 5.74) is 2.28. The molecule has 0 saturated carbocycles. The lowest BCUT2D eigenvalue weighted by Gasteiger charge is -2.29. The van der Waals surface area contributed by atoms with Crippen LogP contribution in [0.1, 0.15) is 34.5 Å². The van der Waals surface area contributed by atoms with Gasteiger partial charge in [0.15, 0.2) is 0 Å². The van der Waals surface area contributed by atoms with Crippen molar-refractivity contribution in [1.82, 2.24) is 9.80 Å². The number of fused-ring (bicyclic) bond motifs is 1. The third kappa shape index (κ3) is 3.08. The van der Waals surface area contributed by atoms with Crippen molar-refractivity contribution in [1.29, 1.82) is 5.26 Å². The van der Waals surface area contributed by atoms with Crippen molar-refractivity contribution in [3.05, 3.63) is 71.3 Å². The largest absolute Gasteiger partial charge is 0.338 e. The average molecular weight is 359 g/mol. The highest BCUT2D eigenvalue weighted by atomic mass is 16.2. The smallest absolute Gasteiger partial charge is 0.253 e. The van der Waals surface area contributed by atoms with Crippen LogP contribution in [0.15, 0.2) is 54.6 Å². The van der Waals surface area contributed by atoms with Crippen molar-refractivity contribution in [2.75, 3.05) is 19.6 Å². The number of amides is 2. The summed E-state index contributed by atoms with van der Waals surface area (Å²) in [6, 6.07) is 19.0. The number of nitriles is 1. The quantitative estimate of drug-likeness (QED) is 0.828. The summed E-state index contributed by atoms with van der Waals surface area (Å²) >= 11 is 0. The normalized spacial score (nSPS) is 23.8. The van der Waals surface area contributed by atoms with E-state index >= 15 is 0 Å². The van der Waals surface area contributed by atoms with E-state index in [1.807, 2.05) is 28.0 Å². The summed E-state index contributed by atoms with van der Waals surface area (Å²) in [6.45, 7) is 3.62. The van der Waals surface area contributed by atoms with E-state index in [1.165, 1.54) is 0 Å². The van der Waals surface area contributed by atoms with E-state index in [0.717, 1.165) is 5.56 Å². The van der Waals surface area contributed by atoms with E-state index in [-0.39, 0.29) is 23.8 Å². The lowest BCUT2D eigenvalue weighted by Crippen LogP contribution is -2.36. The van der Waals surface area contributed by atoms with E-state index in [9.17, 15) is 9.59 Å². The van der Waals surface area contributed by atoms with Gasteiger partial charge >= 0.3 is 0 Å². The van der Waals surface area contributed by atoms with Gasteiger partial charge in [-0.2, -0.15) is 5.26 Å². The van der Waals surface area contributed by atoms with Gasteiger partial charge in [0.1, 0.15) is 0 Å². The number of carbonyl (C=O) groups is 2. The Hall–Kier alpha value is -3.13. The van der Waals surface area contributed by atoms with Crippen LogP contribution in [-0.2, 0) is 4.79 Å². The number of hydrogen-bond acceptors (Lipinski definition) is 3. The fourth-order valence-electron chi connectivity index (χ4n) is 4.48. The van der Waals surface area contributed by atoms with Crippen molar-refractivity contribution in [3.8, 4) is 6.07 Å². The molecule has 0 spiro atoms. The van der Waals surface area contributed by atoms with Crippen molar-refractivity contribution >= 4 is 11.8 Å².